The summed E-state index contributed by atoms with van der Waals surface area (Å²) in [4.78, 5) is 98.3. The van der Waals surface area contributed by atoms with E-state index in [1.165, 1.54) is 119 Å². The Morgan fingerprint density at radius 3 is 1.02 bits per heavy atom. The lowest BCUT2D eigenvalue weighted by atomic mass is 10.1. The molecule has 500 valence electrons. The van der Waals surface area contributed by atoms with E-state index >= 15 is 0 Å². The van der Waals surface area contributed by atoms with Crippen LogP contribution in [0.2, 0.25) is 34.7 Å². The highest BCUT2D eigenvalue weighted by atomic mass is 35.5. The fourth-order valence-corrected chi connectivity index (χ4v) is 9.72. The van der Waals surface area contributed by atoms with Crippen molar-refractivity contribution in [2.24, 2.45) is 0 Å². The number of methoxy groups -OCH3 is 3. The van der Waals surface area contributed by atoms with E-state index in [9.17, 15) is 28.8 Å². The third kappa shape index (κ3) is 20.6. The first-order chi connectivity index (χ1) is 47.8. The molecule has 0 aliphatic heterocycles. The minimum Gasteiger partial charge on any atom is -0.494 e. The van der Waals surface area contributed by atoms with Crippen LogP contribution >= 0.6 is 34.8 Å². The minimum atomic E-state index is -1.52. The Kier molecular flexibility index (Phi) is 25.9. The average molecular weight is 1410 g/mol. The highest BCUT2D eigenvalue weighted by Crippen LogP contribution is 2.37. The maximum Gasteiger partial charge on any atom is 0.259 e. The molecule has 0 unspecified atom stereocenters. The van der Waals surface area contributed by atoms with E-state index in [0.29, 0.717) is 56.4 Å². The number of anilines is 6. The molecular weight excluding hydrogens is 1350 g/mol. The lowest BCUT2D eigenvalue weighted by Crippen LogP contribution is -2.22. The van der Waals surface area contributed by atoms with Crippen molar-refractivity contribution in [3.8, 4) is 53.4 Å². The second kappa shape index (κ2) is 34.7. The summed E-state index contributed by atoms with van der Waals surface area (Å²) < 4.78 is 16.0. The van der Waals surface area contributed by atoms with E-state index in [2.05, 4.69) is 99.5 Å². The van der Waals surface area contributed by atoms with Gasteiger partial charge in [0.05, 0.1) is 68.2 Å². The highest BCUT2D eigenvalue weighted by Gasteiger charge is 2.25. The van der Waals surface area contributed by atoms with Gasteiger partial charge in [-0.1, -0.05) is 133 Å². The lowest BCUT2D eigenvalue weighted by Gasteiger charge is -2.16. The first-order valence-electron chi connectivity index (χ1n) is 29.4. The number of amides is 6. The largest absolute Gasteiger partial charge is 0.494 e. The van der Waals surface area contributed by atoms with Gasteiger partial charge in [0, 0.05) is 105 Å². The number of carbonyl (C=O) groups is 6. The van der Waals surface area contributed by atoms with Crippen molar-refractivity contribution in [2.45, 2.75) is 19.6 Å². The molecule has 100 heavy (non-hydrogen) atoms. The molecule has 0 bridgehead atoms. The van der Waals surface area contributed by atoms with Gasteiger partial charge in [0.25, 0.3) is 35.4 Å². The zero-order chi connectivity index (χ0) is 72.8. The number of nitrogens with zero attached hydrogens (tertiary/aromatic N) is 6. The van der Waals surface area contributed by atoms with Crippen LogP contribution in [0.5, 0.6) is 17.2 Å². The van der Waals surface area contributed by atoms with Crippen LogP contribution in [-0.4, -0.2) is 105 Å². The number of carbonyl (C=O) groups excluding carboxylic acids is 6. The van der Waals surface area contributed by atoms with Gasteiger partial charge < -0.3 is 51.0 Å². The first kappa shape index (κ1) is 74.6. The Morgan fingerprint density at radius 1 is 0.460 bits per heavy atom. The summed E-state index contributed by atoms with van der Waals surface area (Å²) in [5.41, 5.74) is 8.33. The van der Waals surface area contributed by atoms with Crippen molar-refractivity contribution >= 4 is 130 Å². The SMILES string of the molecule is C#Cc1ccc(NC(=O)c2cc(Cl)cc(OC)c2NC(=O)c2ccc(C(=N)N(C)C)cc2)nc1.[C-]#[N+]c1ccc(C(=O)Nc2c(OC)cc(Cl)cc2C(=O)Nc2ccc(C#C)cn2)cc1.[C-]#[N+]c1ccc(C(=O)Nc2c(OC)cc(Cl)cc2C(=O)Nc2ccc(C#C[Si](C)(C)C)cn2)cc1. The van der Waals surface area contributed by atoms with Crippen LogP contribution in [0, 0.1) is 54.7 Å². The number of rotatable bonds is 16. The smallest absolute Gasteiger partial charge is 0.259 e. The van der Waals surface area contributed by atoms with Gasteiger partial charge in [-0.15, -0.1) is 18.4 Å². The number of hydrogen-bond acceptors (Lipinski definition) is 13. The zero-order valence-corrected chi connectivity index (χ0v) is 58.0. The molecule has 6 aromatic carbocycles. The van der Waals surface area contributed by atoms with Crippen LogP contribution in [0.3, 0.4) is 0 Å². The number of halogens is 3. The number of benzene rings is 6. The molecule has 0 aliphatic rings. The molecule has 0 aliphatic carbocycles. The van der Waals surface area contributed by atoms with Gasteiger partial charge in [-0.3, -0.25) is 34.2 Å². The van der Waals surface area contributed by atoms with E-state index in [-0.39, 0.29) is 77.7 Å². The zero-order valence-electron chi connectivity index (χ0n) is 54.7. The maximum atomic E-state index is 13.1. The second-order valence-electron chi connectivity index (χ2n) is 22.0. The summed E-state index contributed by atoms with van der Waals surface area (Å²) in [6.07, 6.45) is 15.1. The van der Waals surface area contributed by atoms with Gasteiger partial charge in [-0.2, -0.15) is 0 Å². The first-order valence-corrected chi connectivity index (χ1v) is 34.1. The Morgan fingerprint density at radius 2 is 0.760 bits per heavy atom. The predicted molar refractivity (Wildman–Crippen MR) is 393 cm³/mol. The molecule has 0 radical (unpaired) electrons. The van der Waals surface area contributed by atoms with Crippen molar-refractivity contribution in [1.82, 2.24) is 19.9 Å². The molecule has 22 nitrogen and oxygen atoms in total. The molecule has 0 fully saturated rings. The maximum absolute atomic E-state index is 13.1. The Bertz CT molecular complexity index is 4840. The van der Waals surface area contributed by atoms with Crippen molar-refractivity contribution in [3.63, 3.8) is 0 Å². The van der Waals surface area contributed by atoms with Crippen LogP contribution in [0.4, 0.5) is 45.9 Å². The molecule has 26 heteroatoms. The van der Waals surface area contributed by atoms with Crippen molar-refractivity contribution in [3.05, 3.63) is 258 Å². The molecule has 0 saturated carbocycles. The minimum absolute atomic E-state index is 0.0818. The van der Waals surface area contributed by atoms with Crippen LogP contribution in [0.25, 0.3) is 9.69 Å². The van der Waals surface area contributed by atoms with Gasteiger partial charge in [0.2, 0.25) is 0 Å². The number of amidine groups is 1. The van der Waals surface area contributed by atoms with Gasteiger partial charge in [0.15, 0.2) is 11.4 Å². The van der Waals surface area contributed by atoms with Crippen molar-refractivity contribution < 1.29 is 43.0 Å². The summed E-state index contributed by atoms with van der Waals surface area (Å²) in [5.74, 6) is 6.78. The lowest BCUT2D eigenvalue weighted by molar-refractivity contribution is 0.101. The summed E-state index contributed by atoms with van der Waals surface area (Å²) in [6.45, 7) is 20.5. The average Bonchev–Trinajstić information content (AvgIpc) is 0.816. The molecule has 0 atom stereocenters. The van der Waals surface area contributed by atoms with Gasteiger partial charge in [0.1, 0.15) is 48.6 Å². The monoisotopic (exact) mass is 1410 g/mol. The standard InChI is InChI=1S/C26H23ClN4O3Si.C25H22ClN5O3.C23H15ClN4O3/c1-28-20-9-7-18(8-10-20)25(32)31-24-21(14-19(27)15-22(24)34-2)26(33)30-23-11-6-17(16-29-23)12-13-35(3,4)5;1-5-15-6-11-21(28-14-15)29-25(33)19-12-18(26)13-20(34-4)22(19)30-24(32)17-9-7-16(8-10-17)23(27)31(2)3;1-4-14-5-10-20(26-13-14)27-23(30)18-11-16(24)12-19(31-3)21(18)28-22(29)15-6-8-17(25-2)9-7-15/h6-11,14-16H,2-5H3,(H,31,32)(H,29,30,33);1,6-14,27H,2-4H3,(H,30,32)(H,28,29,33);1,5-13H,3H3,(H,28,29)(H,26,27,30). The number of nitrogens with one attached hydrogen (secondary N) is 7. The molecule has 0 saturated heterocycles. The van der Waals surface area contributed by atoms with Gasteiger partial charge in [-0.05, 0) is 66.7 Å². The van der Waals surface area contributed by atoms with E-state index in [1.807, 2.05) is 0 Å². The summed E-state index contributed by atoms with van der Waals surface area (Å²) in [6, 6.07) is 37.4. The number of pyridine rings is 3. The molecule has 3 heterocycles. The number of aromatic nitrogens is 3. The van der Waals surface area contributed by atoms with Gasteiger partial charge >= 0.3 is 0 Å². The Balaban J connectivity index is 0.000000211. The van der Waals surface area contributed by atoms with Crippen LogP contribution in [0.1, 0.15) is 84.4 Å². The van der Waals surface area contributed by atoms with Crippen LogP contribution in [-0.2, 0) is 0 Å². The second-order valence-corrected chi connectivity index (χ2v) is 28.1. The normalized spacial score (nSPS) is 10.1. The summed E-state index contributed by atoms with van der Waals surface area (Å²) >= 11 is 18.5. The quantitative estimate of drug-likeness (QED) is 0.0156. The number of hydrogen-bond donors (Lipinski definition) is 7. The van der Waals surface area contributed by atoms with Crippen LogP contribution < -0.4 is 46.1 Å². The molecule has 6 amide bonds. The fraction of sp³-hybridized carbons (Fsp3) is 0.108. The van der Waals surface area contributed by atoms with Crippen LogP contribution in [0.15, 0.2) is 164 Å². The predicted octanol–water partition coefficient (Wildman–Crippen LogP) is 14.9. The van der Waals surface area contributed by atoms with E-state index < -0.39 is 43.5 Å². The van der Waals surface area contributed by atoms with Gasteiger partial charge in [-0.25, -0.2) is 24.6 Å². The molecule has 0 spiro atoms. The summed E-state index contributed by atoms with van der Waals surface area (Å²) in [5, 5.41) is 25.0. The molecule has 9 rings (SSSR count). The Labute approximate surface area is 593 Å². The molecular formula is C74H60Cl3N13O9Si. The number of ether oxygens (including phenoxy) is 3. The van der Waals surface area contributed by atoms with E-state index in [4.69, 9.17) is 80.4 Å². The highest BCUT2D eigenvalue weighted by molar-refractivity contribution is 6.83. The van der Waals surface area contributed by atoms with E-state index in [1.54, 1.807) is 85.9 Å². The fourth-order valence-electron chi connectivity index (χ4n) is 8.58. The number of terminal acetylenes is 2. The molecule has 9 aromatic rings. The molecule has 3 aromatic heterocycles. The van der Waals surface area contributed by atoms with Crippen molar-refractivity contribution in [2.75, 3.05) is 67.3 Å². The topological polar surface area (TPSA) is 277 Å². The third-order valence-electron chi connectivity index (χ3n) is 13.6. The van der Waals surface area contributed by atoms with E-state index in [0.717, 1.165) is 5.56 Å². The Hall–Kier alpha value is -12.8. The third-order valence-corrected chi connectivity index (χ3v) is 15.2. The molecule has 7 N–H and O–H groups in total. The summed E-state index contributed by atoms with van der Waals surface area (Å²) in [7, 11) is 6.23. The van der Waals surface area contributed by atoms with Crippen molar-refractivity contribution in [1.29, 1.82) is 5.41 Å².